The second kappa shape index (κ2) is 7.20. The van der Waals surface area contributed by atoms with Crippen molar-refractivity contribution in [3.05, 3.63) is 23.3 Å². The highest BCUT2D eigenvalue weighted by atomic mass is 19.4. The quantitative estimate of drug-likeness (QED) is 0.843. The maximum absolute atomic E-state index is 12.7. The van der Waals surface area contributed by atoms with E-state index in [1.165, 1.54) is 13.2 Å². The van der Waals surface area contributed by atoms with Gasteiger partial charge in [-0.25, -0.2) is 4.79 Å². The molecular formula is C16H18F3NO5. The summed E-state index contributed by atoms with van der Waals surface area (Å²) in [4.78, 5) is 24.7. The fourth-order valence-electron chi connectivity index (χ4n) is 2.72. The number of benzene rings is 1. The van der Waals surface area contributed by atoms with Gasteiger partial charge in [-0.2, -0.15) is 0 Å². The molecule has 1 N–H and O–H groups in total. The van der Waals surface area contributed by atoms with Gasteiger partial charge in [-0.1, -0.05) is 13.3 Å². The molecule has 1 saturated heterocycles. The predicted octanol–water partition coefficient (Wildman–Crippen LogP) is 2.85. The third-order valence-electron chi connectivity index (χ3n) is 3.89. The SMILES string of the molecule is CCCc1cc(C(=O)N2CC[C@@H]2C(=O)O)cc(OC(F)(F)F)c1OC. The van der Waals surface area contributed by atoms with Crippen molar-refractivity contribution in [1.82, 2.24) is 4.90 Å². The highest BCUT2D eigenvalue weighted by Crippen LogP contribution is 2.38. The number of nitrogens with zero attached hydrogens (tertiary/aromatic N) is 1. The summed E-state index contributed by atoms with van der Waals surface area (Å²) in [7, 11) is 1.22. The van der Waals surface area contributed by atoms with Gasteiger partial charge in [-0.05, 0) is 30.5 Å². The number of amides is 1. The summed E-state index contributed by atoms with van der Waals surface area (Å²) in [6.07, 6.45) is -3.65. The number of methoxy groups -OCH3 is 1. The van der Waals surface area contributed by atoms with Crippen LogP contribution in [-0.2, 0) is 11.2 Å². The Balaban J connectivity index is 2.43. The van der Waals surface area contributed by atoms with E-state index in [1.54, 1.807) is 0 Å². The Bertz CT molecular complexity index is 674. The van der Waals surface area contributed by atoms with E-state index in [-0.39, 0.29) is 17.9 Å². The first-order valence-electron chi connectivity index (χ1n) is 7.68. The van der Waals surface area contributed by atoms with E-state index in [0.717, 1.165) is 11.0 Å². The summed E-state index contributed by atoms with van der Waals surface area (Å²) in [6.45, 7) is 2.06. The number of carboxylic acids is 1. The molecule has 1 aromatic carbocycles. The molecule has 1 amide bonds. The molecule has 0 aliphatic carbocycles. The number of carbonyl (C=O) groups excluding carboxylic acids is 1. The van der Waals surface area contributed by atoms with Gasteiger partial charge in [-0.3, -0.25) is 4.79 Å². The number of carboxylic acid groups (broad SMARTS) is 1. The lowest BCUT2D eigenvalue weighted by molar-refractivity contribution is -0.275. The second-order valence-electron chi connectivity index (χ2n) is 5.61. The molecule has 1 aromatic rings. The molecule has 0 aromatic heterocycles. The van der Waals surface area contributed by atoms with Gasteiger partial charge in [0, 0.05) is 12.1 Å². The molecular weight excluding hydrogens is 343 g/mol. The number of alkyl halides is 3. The van der Waals surface area contributed by atoms with Crippen LogP contribution in [0.4, 0.5) is 13.2 Å². The van der Waals surface area contributed by atoms with Crippen LogP contribution >= 0.6 is 0 Å². The smallest absolute Gasteiger partial charge is 0.493 e. The molecule has 0 radical (unpaired) electrons. The van der Waals surface area contributed by atoms with Crippen molar-refractivity contribution in [2.24, 2.45) is 0 Å². The van der Waals surface area contributed by atoms with Crippen LogP contribution in [0.15, 0.2) is 12.1 Å². The first-order valence-corrected chi connectivity index (χ1v) is 7.68. The number of carbonyl (C=O) groups is 2. The van der Waals surface area contributed by atoms with E-state index in [0.29, 0.717) is 24.8 Å². The zero-order valence-electron chi connectivity index (χ0n) is 13.7. The van der Waals surface area contributed by atoms with Crippen LogP contribution in [0.2, 0.25) is 0 Å². The number of hydrogen-bond donors (Lipinski definition) is 1. The minimum Gasteiger partial charge on any atom is -0.493 e. The second-order valence-corrected chi connectivity index (χ2v) is 5.61. The molecule has 6 nitrogen and oxygen atoms in total. The van der Waals surface area contributed by atoms with Crippen molar-refractivity contribution in [2.75, 3.05) is 13.7 Å². The summed E-state index contributed by atoms with van der Waals surface area (Å²) in [5, 5.41) is 9.04. The summed E-state index contributed by atoms with van der Waals surface area (Å²) in [6, 6.07) is 1.40. The first kappa shape index (κ1) is 18.9. The van der Waals surface area contributed by atoms with Gasteiger partial charge >= 0.3 is 12.3 Å². The first-order chi connectivity index (χ1) is 11.7. The minimum atomic E-state index is -4.95. The van der Waals surface area contributed by atoms with E-state index < -0.39 is 30.0 Å². The lowest BCUT2D eigenvalue weighted by Gasteiger charge is -2.38. The third kappa shape index (κ3) is 4.15. The normalized spacial score (nSPS) is 17.0. The van der Waals surface area contributed by atoms with Crippen molar-refractivity contribution in [2.45, 2.75) is 38.6 Å². The highest BCUT2D eigenvalue weighted by molar-refractivity contribution is 5.98. The van der Waals surface area contributed by atoms with E-state index in [2.05, 4.69) is 4.74 Å². The minimum absolute atomic E-state index is 0.0607. The number of ether oxygens (including phenoxy) is 2. The maximum atomic E-state index is 12.7. The Morgan fingerprint density at radius 3 is 2.48 bits per heavy atom. The number of halogens is 3. The van der Waals surface area contributed by atoms with E-state index >= 15 is 0 Å². The molecule has 1 fully saturated rings. The number of hydrogen-bond acceptors (Lipinski definition) is 4. The van der Waals surface area contributed by atoms with Gasteiger partial charge < -0.3 is 19.5 Å². The number of aliphatic carboxylic acids is 1. The molecule has 9 heteroatoms. The molecule has 138 valence electrons. The van der Waals surface area contributed by atoms with Crippen LogP contribution in [0.1, 0.15) is 35.7 Å². The number of aryl methyl sites for hydroxylation is 1. The van der Waals surface area contributed by atoms with E-state index in [9.17, 15) is 22.8 Å². The van der Waals surface area contributed by atoms with Crippen molar-refractivity contribution in [1.29, 1.82) is 0 Å². The lowest BCUT2D eigenvalue weighted by atomic mass is 9.99. The largest absolute Gasteiger partial charge is 0.573 e. The van der Waals surface area contributed by atoms with Crippen LogP contribution in [-0.4, -0.2) is 47.9 Å². The molecule has 1 aliphatic rings. The lowest BCUT2D eigenvalue weighted by Crippen LogP contribution is -2.55. The molecule has 1 atom stereocenters. The Morgan fingerprint density at radius 2 is 2.04 bits per heavy atom. The molecule has 0 bridgehead atoms. The Hall–Kier alpha value is -2.45. The topological polar surface area (TPSA) is 76.1 Å². The molecule has 1 aliphatic heterocycles. The van der Waals surface area contributed by atoms with Crippen molar-refractivity contribution in [3.63, 3.8) is 0 Å². The number of likely N-dealkylation sites (tertiary alicyclic amines) is 1. The van der Waals surface area contributed by atoms with Crippen molar-refractivity contribution in [3.8, 4) is 11.5 Å². The number of rotatable bonds is 6. The summed E-state index contributed by atoms with van der Waals surface area (Å²) in [5.74, 6) is -2.50. The van der Waals surface area contributed by atoms with Gasteiger partial charge in [0.2, 0.25) is 0 Å². The Labute approximate surface area is 142 Å². The fourth-order valence-corrected chi connectivity index (χ4v) is 2.72. The van der Waals surface area contributed by atoms with Gasteiger partial charge in [0.05, 0.1) is 7.11 Å². The predicted molar refractivity (Wildman–Crippen MR) is 80.7 cm³/mol. The zero-order valence-corrected chi connectivity index (χ0v) is 13.7. The molecule has 25 heavy (non-hydrogen) atoms. The van der Waals surface area contributed by atoms with E-state index in [1.807, 2.05) is 6.92 Å². The molecule has 2 rings (SSSR count). The standard InChI is InChI=1S/C16H18F3NO5/c1-3-4-9-7-10(14(21)20-6-5-11(20)15(22)23)8-12(13(9)24-2)25-16(17,18)19/h7-8,11H,3-6H2,1-2H3,(H,22,23)/t11-/m1/s1. The molecule has 1 heterocycles. The third-order valence-corrected chi connectivity index (χ3v) is 3.89. The van der Waals surface area contributed by atoms with Crippen LogP contribution in [0.25, 0.3) is 0 Å². The van der Waals surface area contributed by atoms with Gasteiger partial charge in [0.1, 0.15) is 6.04 Å². The van der Waals surface area contributed by atoms with E-state index in [4.69, 9.17) is 9.84 Å². The summed E-state index contributed by atoms with van der Waals surface area (Å²) < 4.78 is 47.0. The van der Waals surface area contributed by atoms with Crippen LogP contribution in [0.5, 0.6) is 11.5 Å². The monoisotopic (exact) mass is 361 g/mol. The van der Waals surface area contributed by atoms with Crippen LogP contribution in [0, 0.1) is 0 Å². The van der Waals surface area contributed by atoms with Crippen LogP contribution in [0.3, 0.4) is 0 Å². The summed E-state index contributed by atoms with van der Waals surface area (Å²) in [5.41, 5.74) is 0.331. The van der Waals surface area contributed by atoms with Gasteiger partial charge in [0.25, 0.3) is 5.91 Å². The van der Waals surface area contributed by atoms with Gasteiger partial charge in [0.15, 0.2) is 11.5 Å². The van der Waals surface area contributed by atoms with Gasteiger partial charge in [-0.15, -0.1) is 13.2 Å². The summed E-state index contributed by atoms with van der Waals surface area (Å²) >= 11 is 0. The Kier molecular flexibility index (Phi) is 5.44. The maximum Gasteiger partial charge on any atom is 0.573 e. The van der Waals surface area contributed by atoms with Crippen molar-refractivity contribution < 1.29 is 37.3 Å². The van der Waals surface area contributed by atoms with Crippen molar-refractivity contribution >= 4 is 11.9 Å². The Morgan fingerprint density at radius 1 is 1.36 bits per heavy atom. The zero-order chi connectivity index (χ0) is 18.8. The average molecular weight is 361 g/mol. The average Bonchev–Trinajstić information content (AvgIpc) is 2.43. The van der Waals surface area contributed by atoms with Crippen LogP contribution < -0.4 is 9.47 Å². The highest BCUT2D eigenvalue weighted by Gasteiger charge is 2.39. The fraction of sp³-hybridized carbons (Fsp3) is 0.500. The molecule has 0 saturated carbocycles. The molecule has 0 unspecified atom stereocenters. The molecule has 0 spiro atoms.